The topological polar surface area (TPSA) is 49.3 Å². The Kier molecular flexibility index (Phi) is 5.32. The lowest BCUT2D eigenvalue weighted by molar-refractivity contribution is 0.0938. The molecule has 2 unspecified atom stereocenters. The minimum absolute atomic E-state index is 0.0138. The molecule has 2 atom stereocenters. The average Bonchev–Trinajstić information content (AvgIpc) is 3.04. The fraction of sp³-hybridized carbons (Fsp3) is 0.500. The van der Waals surface area contributed by atoms with Gasteiger partial charge in [0.15, 0.2) is 0 Å². The van der Waals surface area contributed by atoms with Gasteiger partial charge in [-0.15, -0.1) is 11.3 Å². The SMILES string of the molecule is CSC1CCC(NC(=O)c2csc(C#CCO)c2)C1. The predicted molar refractivity (Wildman–Crippen MR) is 80.7 cm³/mol. The van der Waals surface area contributed by atoms with Crippen LogP contribution in [0.15, 0.2) is 11.4 Å². The van der Waals surface area contributed by atoms with E-state index < -0.39 is 0 Å². The molecule has 0 aliphatic heterocycles. The van der Waals surface area contributed by atoms with E-state index in [9.17, 15) is 4.79 Å². The monoisotopic (exact) mass is 295 g/mol. The maximum absolute atomic E-state index is 12.1. The van der Waals surface area contributed by atoms with Crippen LogP contribution in [-0.4, -0.2) is 35.2 Å². The summed E-state index contributed by atoms with van der Waals surface area (Å²) in [5, 5.41) is 14.2. The first-order valence-corrected chi connectivity index (χ1v) is 8.41. The van der Waals surface area contributed by atoms with Crippen molar-refractivity contribution in [1.29, 1.82) is 0 Å². The number of thiophene rings is 1. The van der Waals surface area contributed by atoms with Crippen molar-refractivity contribution in [2.45, 2.75) is 30.6 Å². The van der Waals surface area contributed by atoms with Crippen molar-refractivity contribution in [3.05, 3.63) is 21.9 Å². The van der Waals surface area contributed by atoms with Gasteiger partial charge < -0.3 is 10.4 Å². The Morgan fingerprint density at radius 3 is 3.16 bits per heavy atom. The number of thioether (sulfide) groups is 1. The highest BCUT2D eigenvalue weighted by Crippen LogP contribution is 2.28. The van der Waals surface area contributed by atoms with Gasteiger partial charge >= 0.3 is 0 Å². The third-order valence-corrected chi connectivity index (χ3v) is 5.15. The van der Waals surface area contributed by atoms with Crippen LogP contribution in [0.1, 0.15) is 34.5 Å². The zero-order chi connectivity index (χ0) is 13.7. The van der Waals surface area contributed by atoms with Crippen LogP contribution in [0.5, 0.6) is 0 Å². The van der Waals surface area contributed by atoms with Gasteiger partial charge in [-0.2, -0.15) is 11.8 Å². The smallest absolute Gasteiger partial charge is 0.252 e. The summed E-state index contributed by atoms with van der Waals surface area (Å²) in [6.45, 7) is -0.155. The largest absolute Gasteiger partial charge is 0.384 e. The molecule has 2 N–H and O–H groups in total. The van der Waals surface area contributed by atoms with Gasteiger partial charge in [-0.3, -0.25) is 4.79 Å². The molecule has 0 saturated heterocycles. The fourth-order valence-corrected chi connectivity index (χ4v) is 3.75. The van der Waals surface area contributed by atoms with E-state index in [4.69, 9.17) is 5.11 Å². The third-order valence-electron chi connectivity index (χ3n) is 3.21. The third kappa shape index (κ3) is 4.00. The first-order valence-electron chi connectivity index (χ1n) is 6.25. The van der Waals surface area contributed by atoms with Crippen molar-refractivity contribution >= 4 is 29.0 Å². The Hall–Kier alpha value is -0.960. The van der Waals surface area contributed by atoms with Crippen molar-refractivity contribution in [2.75, 3.05) is 12.9 Å². The molecule has 1 aliphatic carbocycles. The Labute approximate surface area is 121 Å². The molecule has 0 radical (unpaired) electrons. The summed E-state index contributed by atoms with van der Waals surface area (Å²) >= 11 is 3.31. The lowest BCUT2D eigenvalue weighted by Crippen LogP contribution is -2.32. The molecule has 3 nitrogen and oxygen atoms in total. The molecule has 0 aromatic carbocycles. The number of aliphatic hydroxyl groups excluding tert-OH is 1. The molecule has 1 aromatic rings. The second-order valence-electron chi connectivity index (χ2n) is 4.50. The van der Waals surface area contributed by atoms with Crippen LogP contribution in [0.4, 0.5) is 0 Å². The number of hydrogen-bond donors (Lipinski definition) is 2. The number of amides is 1. The van der Waals surface area contributed by atoms with Gasteiger partial charge in [-0.05, 0) is 31.6 Å². The molecule has 2 rings (SSSR count). The van der Waals surface area contributed by atoms with Gasteiger partial charge in [-0.25, -0.2) is 0 Å². The number of rotatable bonds is 3. The second-order valence-corrected chi connectivity index (χ2v) is 6.55. The van der Waals surface area contributed by atoms with E-state index in [2.05, 4.69) is 23.4 Å². The maximum atomic E-state index is 12.1. The number of nitrogens with one attached hydrogen (secondary N) is 1. The van der Waals surface area contributed by atoms with Crippen LogP contribution in [-0.2, 0) is 0 Å². The fourth-order valence-electron chi connectivity index (χ4n) is 2.20. The Bertz CT molecular complexity index is 501. The van der Waals surface area contributed by atoms with E-state index in [0.29, 0.717) is 16.9 Å². The minimum atomic E-state index is -0.155. The molecule has 1 aliphatic rings. The van der Waals surface area contributed by atoms with Gasteiger partial charge in [0.05, 0.1) is 10.4 Å². The van der Waals surface area contributed by atoms with Crippen LogP contribution in [0.3, 0.4) is 0 Å². The van der Waals surface area contributed by atoms with Gasteiger partial charge in [0.1, 0.15) is 6.61 Å². The van der Waals surface area contributed by atoms with E-state index in [-0.39, 0.29) is 12.5 Å². The zero-order valence-electron chi connectivity index (χ0n) is 10.8. The lowest BCUT2D eigenvalue weighted by Gasteiger charge is -2.11. The van der Waals surface area contributed by atoms with Crippen LogP contribution >= 0.6 is 23.1 Å². The Morgan fingerprint density at radius 1 is 1.63 bits per heavy atom. The van der Waals surface area contributed by atoms with Crippen molar-refractivity contribution in [2.24, 2.45) is 0 Å². The van der Waals surface area contributed by atoms with Crippen LogP contribution in [0.2, 0.25) is 0 Å². The highest BCUT2D eigenvalue weighted by Gasteiger charge is 2.25. The van der Waals surface area contributed by atoms with Crippen molar-refractivity contribution in [1.82, 2.24) is 5.32 Å². The zero-order valence-corrected chi connectivity index (χ0v) is 12.4. The molecule has 1 heterocycles. The lowest BCUT2D eigenvalue weighted by atomic mass is 10.2. The van der Waals surface area contributed by atoms with E-state index in [1.54, 1.807) is 6.07 Å². The first-order chi connectivity index (χ1) is 9.22. The molecule has 1 fully saturated rings. The Balaban J connectivity index is 1.91. The van der Waals surface area contributed by atoms with E-state index in [1.807, 2.05) is 17.1 Å². The van der Waals surface area contributed by atoms with Crippen LogP contribution in [0.25, 0.3) is 0 Å². The summed E-state index contributed by atoms with van der Waals surface area (Å²) in [4.78, 5) is 12.9. The summed E-state index contributed by atoms with van der Waals surface area (Å²) in [5.41, 5.74) is 0.667. The van der Waals surface area contributed by atoms with Crippen molar-refractivity contribution < 1.29 is 9.90 Å². The summed E-state index contributed by atoms with van der Waals surface area (Å²) < 4.78 is 0. The highest BCUT2D eigenvalue weighted by atomic mass is 32.2. The maximum Gasteiger partial charge on any atom is 0.252 e. The van der Waals surface area contributed by atoms with E-state index >= 15 is 0 Å². The molecular weight excluding hydrogens is 278 g/mol. The number of hydrogen-bond acceptors (Lipinski definition) is 4. The molecular formula is C14H17NO2S2. The normalized spacial score (nSPS) is 21.8. The molecule has 1 amide bonds. The van der Waals surface area contributed by atoms with E-state index in [0.717, 1.165) is 17.7 Å². The number of carbonyl (C=O) groups is 1. The minimum Gasteiger partial charge on any atom is -0.384 e. The standard InChI is InChI=1S/C14H17NO2S2/c1-18-12-5-4-11(8-12)15-14(17)10-7-13(19-9-10)3-2-6-16/h7,9,11-12,16H,4-6,8H2,1H3,(H,15,17). The predicted octanol–water partition coefficient (Wildman–Crippen LogP) is 2.11. The molecule has 5 heteroatoms. The number of aliphatic hydroxyl groups is 1. The van der Waals surface area contributed by atoms with Crippen molar-refractivity contribution in [3.8, 4) is 11.8 Å². The average molecular weight is 295 g/mol. The van der Waals surface area contributed by atoms with Gasteiger partial charge in [0.25, 0.3) is 5.91 Å². The van der Waals surface area contributed by atoms with Crippen molar-refractivity contribution in [3.63, 3.8) is 0 Å². The second kappa shape index (κ2) is 6.99. The summed E-state index contributed by atoms with van der Waals surface area (Å²) in [6.07, 6.45) is 5.44. The number of carbonyl (C=O) groups excluding carboxylic acids is 1. The van der Waals surface area contributed by atoms with Gasteiger partial charge in [-0.1, -0.05) is 11.8 Å². The molecule has 0 bridgehead atoms. The summed E-state index contributed by atoms with van der Waals surface area (Å²) in [5.74, 6) is 5.39. The van der Waals surface area contributed by atoms with Gasteiger partial charge in [0, 0.05) is 16.7 Å². The first kappa shape index (κ1) is 14.4. The molecule has 1 saturated carbocycles. The van der Waals surface area contributed by atoms with Crippen LogP contribution in [0, 0.1) is 11.8 Å². The van der Waals surface area contributed by atoms with Gasteiger partial charge in [0.2, 0.25) is 0 Å². The van der Waals surface area contributed by atoms with E-state index in [1.165, 1.54) is 17.8 Å². The van der Waals surface area contributed by atoms with Crippen LogP contribution < -0.4 is 5.32 Å². The molecule has 102 valence electrons. The Morgan fingerprint density at radius 2 is 2.47 bits per heavy atom. The molecule has 19 heavy (non-hydrogen) atoms. The molecule has 0 spiro atoms. The molecule has 1 aromatic heterocycles. The quantitative estimate of drug-likeness (QED) is 0.840. The highest BCUT2D eigenvalue weighted by molar-refractivity contribution is 7.99. The summed E-state index contributed by atoms with van der Waals surface area (Å²) in [7, 11) is 0. The summed E-state index contributed by atoms with van der Waals surface area (Å²) in [6, 6.07) is 2.08.